The van der Waals surface area contributed by atoms with Gasteiger partial charge in [0, 0.05) is 5.75 Å². The average Bonchev–Trinajstić information content (AvgIpc) is 3.02. The van der Waals surface area contributed by atoms with E-state index in [4.69, 9.17) is 4.74 Å². The van der Waals surface area contributed by atoms with Crippen molar-refractivity contribution in [1.29, 1.82) is 0 Å². The molecule has 0 fully saturated rings. The molecule has 106 valence electrons. The van der Waals surface area contributed by atoms with Crippen LogP contribution in [0.25, 0.3) is 0 Å². The highest BCUT2D eigenvalue weighted by molar-refractivity contribution is 8.01. The van der Waals surface area contributed by atoms with Crippen molar-refractivity contribution in [1.82, 2.24) is 14.7 Å². The van der Waals surface area contributed by atoms with E-state index in [1.165, 1.54) is 36.7 Å². The van der Waals surface area contributed by atoms with Crippen molar-refractivity contribution in [3.05, 3.63) is 42.2 Å². The molecule has 0 amide bonds. The van der Waals surface area contributed by atoms with E-state index in [-0.39, 0.29) is 5.97 Å². The predicted molar refractivity (Wildman–Crippen MR) is 79.8 cm³/mol. The zero-order valence-electron chi connectivity index (χ0n) is 11.2. The first-order valence-corrected chi connectivity index (χ1v) is 7.71. The maximum Gasteiger partial charge on any atom is 0.331 e. The summed E-state index contributed by atoms with van der Waals surface area (Å²) in [5.74, 6) is 0.165. The molecular weight excluding hydrogens is 294 g/mol. The number of aromatic nitrogens is 2. The molecule has 1 aromatic carbocycles. The molecule has 1 atom stereocenters. The van der Waals surface area contributed by atoms with Gasteiger partial charge in [-0.3, -0.25) is 0 Å². The molecule has 1 aromatic heterocycles. The molecule has 0 radical (unpaired) electrons. The monoisotopic (exact) mass is 309 g/mol. The van der Waals surface area contributed by atoms with Gasteiger partial charge >= 0.3 is 5.97 Å². The van der Waals surface area contributed by atoms with Crippen LogP contribution in [0.1, 0.15) is 5.56 Å². The fourth-order valence-electron chi connectivity index (χ4n) is 1.87. The smallest absolute Gasteiger partial charge is 0.331 e. The molecule has 1 unspecified atom stereocenters. The lowest BCUT2D eigenvalue weighted by molar-refractivity contribution is -0.147. The first-order valence-electron chi connectivity index (χ1n) is 5.95. The minimum absolute atomic E-state index is 0.316. The number of rotatable bonds is 6. The van der Waals surface area contributed by atoms with Crippen LogP contribution in [0.4, 0.5) is 0 Å². The number of hydrogen-bond acceptors (Lipinski definition) is 7. The fraction of sp³-hybridized carbons (Fsp3) is 0.308. The van der Waals surface area contributed by atoms with Gasteiger partial charge in [-0.1, -0.05) is 42.1 Å². The van der Waals surface area contributed by atoms with Crippen LogP contribution in [-0.2, 0) is 15.1 Å². The second kappa shape index (κ2) is 6.83. The summed E-state index contributed by atoms with van der Waals surface area (Å²) in [7, 11) is 3.15. The van der Waals surface area contributed by atoms with E-state index in [1.807, 2.05) is 30.3 Å². The Morgan fingerprint density at radius 2 is 2.20 bits per heavy atom. The maximum atomic E-state index is 12.3. The summed E-state index contributed by atoms with van der Waals surface area (Å²) in [6.45, 7) is 0. The maximum absolute atomic E-state index is 12.3. The Morgan fingerprint density at radius 3 is 2.75 bits per heavy atom. The Kier molecular flexibility index (Phi) is 5.11. The molecule has 2 rings (SSSR count). The zero-order chi connectivity index (χ0) is 14.4. The highest BCUT2D eigenvalue weighted by atomic mass is 32.2. The summed E-state index contributed by atoms with van der Waals surface area (Å²) in [5, 5.41) is 3.11. The van der Waals surface area contributed by atoms with Crippen LogP contribution in [-0.4, -0.2) is 35.2 Å². The van der Waals surface area contributed by atoms with Crippen molar-refractivity contribution in [2.75, 3.05) is 19.9 Å². The van der Waals surface area contributed by atoms with Crippen LogP contribution in [0.2, 0.25) is 0 Å². The van der Waals surface area contributed by atoms with Crippen molar-refractivity contribution in [3.8, 4) is 0 Å². The minimum atomic E-state index is -0.896. The van der Waals surface area contributed by atoms with E-state index < -0.39 is 5.54 Å². The van der Waals surface area contributed by atoms with E-state index >= 15 is 0 Å². The van der Waals surface area contributed by atoms with Crippen molar-refractivity contribution in [3.63, 3.8) is 0 Å². The molecule has 1 heterocycles. The number of thioether (sulfide) groups is 1. The molecule has 0 aliphatic rings. The lowest BCUT2D eigenvalue weighted by atomic mass is 9.92. The Bertz CT molecular complexity index is 548. The van der Waals surface area contributed by atoms with Gasteiger partial charge < -0.3 is 10.1 Å². The average molecular weight is 309 g/mol. The van der Waals surface area contributed by atoms with Crippen LogP contribution in [0.5, 0.6) is 0 Å². The molecule has 1 N–H and O–H groups in total. The zero-order valence-corrected chi connectivity index (χ0v) is 12.8. The molecule has 20 heavy (non-hydrogen) atoms. The van der Waals surface area contributed by atoms with Gasteiger partial charge in [0.15, 0.2) is 9.88 Å². The highest BCUT2D eigenvalue weighted by Crippen LogP contribution is 2.31. The topological polar surface area (TPSA) is 64.1 Å². The molecule has 0 saturated heterocycles. The number of carbonyl (C=O) groups excluding carboxylic acids is 1. The Labute approximate surface area is 125 Å². The number of benzene rings is 1. The number of nitrogens with zero attached hydrogens (tertiary/aromatic N) is 2. The Hall–Kier alpha value is -1.44. The van der Waals surface area contributed by atoms with E-state index in [2.05, 4.69) is 14.7 Å². The van der Waals surface area contributed by atoms with E-state index in [0.29, 0.717) is 5.75 Å². The normalized spacial score (nSPS) is 13.7. The number of methoxy groups -OCH3 is 1. The van der Waals surface area contributed by atoms with Crippen molar-refractivity contribution in [2.24, 2.45) is 0 Å². The van der Waals surface area contributed by atoms with E-state index in [0.717, 1.165) is 9.90 Å². The number of nitrogens with one attached hydrogen (secondary N) is 1. The van der Waals surface area contributed by atoms with E-state index in [1.54, 1.807) is 7.05 Å². The summed E-state index contributed by atoms with van der Waals surface area (Å²) in [4.78, 5) is 16.4. The lowest BCUT2D eigenvalue weighted by Crippen LogP contribution is -2.50. The van der Waals surface area contributed by atoms with Gasteiger partial charge in [-0.05, 0) is 24.1 Å². The Balaban J connectivity index is 2.30. The molecule has 0 aliphatic heterocycles. The molecule has 2 aromatic rings. The van der Waals surface area contributed by atoms with Crippen LogP contribution in [0.3, 0.4) is 0 Å². The molecule has 0 spiro atoms. The summed E-state index contributed by atoms with van der Waals surface area (Å²) < 4.78 is 9.77. The van der Waals surface area contributed by atoms with Crippen molar-refractivity contribution in [2.45, 2.75) is 9.88 Å². The first-order chi connectivity index (χ1) is 9.73. The van der Waals surface area contributed by atoms with Crippen molar-refractivity contribution < 1.29 is 9.53 Å². The molecular formula is C13H15N3O2S2. The molecule has 7 heteroatoms. The Morgan fingerprint density at radius 1 is 1.45 bits per heavy atom. The third kappa shape index (κ3) is 3.00. The summed E-state index contributed by atoms with van der Waals surface area (Å²) in [5.41, 5.74) is -0.0295. The summed E-state index contributed by atoms with van der Waals surface area (Å²) in [6, 6.07) is 9.54. The number of carbonyl (C=O) groups is 1. The number of ether oxygens (including phenoxy) is 1. The second-order valence-electron chi connectivity index (χ2n) is 4.01. The van der Waals surface area contributed by atoms with Gasteiger partial charge in [0.25, 0.3) is 0 Å². The standard InChI is InChI=1S/C13H15N3O2S2/c1-14-13(11(17)18-2,10-6-4-3-5-7-10)8-19-12-15-9-16-20-12/h3-7,9,14H,8H2,1-2H3. The highest BCUT2D eigenvalue weighted by Gasteiger charge is 2.40. The van der Waals surface area contributed by atoms with Gasteiger partial charge in [0.2, 0.25) is 0 Å². The largest absolute Gasteiger partial charge is 0.467 e. The minimum Gasteiger partial charge on any atom is -0.467 e. The van der Waals surface area contributed by atoms with Crippen LogP contribution in [0.15, 0.2) is 41.0 Å². The third-order valence-corrected chi connectivity index (χ3v) is 4.95. The SMILES string of the molecule is CNC(CSc1ncns1)(C(=O)OC)c1ccccc1. The van der Waals surface area contributed by atoms with E-state index in [9.17, 15) is 4.79 Å². The van der Waals surface area contributed by atoms with Gasteiger partial charge in [0.1, 0.15) is 6.33 Å². The van der Waals surface area contributed by atoms with Crippen LogP contribution >= 0.6 is 23.3 Å². The van der Waals surface area contributed by atoms with Crippen molar-refractivity contribution >= 4 is 29.3 Å². The quantitative estimate of drug-likeness (QED) is 0.650. The second-order valence-corrected chi connectivity index (χ2v) is 6.01. The number of esters is 1. The third-order valence-electron chi connectivity index (χ3n) is 2.98. The van der Waals surface area contributed by atoms with Crippen LogP contribution in [0, 0.1) is 0 Å². The summed E-state index contributed by atoms with van der Waals surface area (Å²) >= 11 is 2.79. The fourth-order valence-corrected chi connectivity index (χ4v) is 3.56. The lowest BCUT2D eigenvalue weighted by Gasteiger charge is -2.30. The molecule has 0 saturated carbocycles. The van der Waals surface area contributed by atoms with Crippen LogP contribution < -0.4 is 5.32 Å². The first kappa shape index (κ1) is 15.0. The summed E-state index contributed by atoms with van der Waals surface area (Å²) in [6.07, 6.45) is 1.51. The number of likely N-dealkylation sites (N-methyl/N-ethyl adjacent to an activating group) is 1. The predicted octanol–water partition coefficient (Wildman–Crippen LogP) is 1.92. The van der Waals surface area contributed by atoms with Gasteiger partial charge in [-0.2, -0.15) is 4.37 Å². The van der Waals surface area contributed by atoms with Gasteiger partial charge in [-0.25, -0.2) is 9.78 Å². The molecule has 0 bridgehead atoms. The van der Waals surface area contributed by atoms with Gasteiger partial charge in [-0.15, -0.1) is 0 Å². The molecule has 5 nitrogen and oxygen atoms in total. The van der Waals surface area contributed by atoms with Gasteiger partial charge in [0.05, 0.1) is 7.11 Å². The number of hydrogen-bond donors (Lipinski definition) is 1. The molecule has 0 aliphatic carbocycles.